The molecule has 1 unspecified atom stereocenters. The number of ether oxygens (including phenoxy) is 1. The number of benzene rings is 1. The van der Waals surface area contributed by atoms with Crippen LogP contribution in [0, 0.1) is 0 Å². The third-order valence-corrected chi connectivity index (χ3v) is 5.02. The van der Waals surface area contributed by atoms with Gasteiger partial charge in [0.05, 0.1) is 36.1 Å². The fourth-order valence-electron chi connectivity index (χ4n) is 3.54. The molecule has 0 N–H and O–H groups in total. The van der Waals surface area contributed by atoms with Gasteiger partial charge in [-0.1, -0.05) is 32.9 Å². The highest BCUT2D eigenvalue weighted by atomic mass is 16.5. The lowest BCUT2D eigenvalue weighted by atomic mass is 9.93. The van der Waals surface area contributed by atoms with Crippen LogP contribution in [-0.4, -0.2) is 45.2 Å². The first-order chi connectivity index (χ1) is 11.5. The summed E-state index contributed by atoms with van der Waals surface area (Å²) in [5.74, 6) is 1.03. The molecule has 1 aliphatic heterocycles. The SMILES string of the molecule is CC(N1CCOCC1)n1c2ccccc2n2cc(C(C)(C)C)nc12. The van der Waals surface area contributed by atoms with Crippen molar-refractivity contribution in [3.63, 3.8) is 0 Å². The predicted molar refractivity (Wildman–Crippen MR) is 96.5 cm³/mol. The summed E-state index contributed by atoms with van der Waals surface area (Å²) in [5.41, 5.74) is 3.63. The Morgan fingerprint density at radius 3 is 2.42 bits per heavy atom. The van der Waals surface area contributed by atoms with Crippen LogP contribution in [-0.2, 0) is 10.2 Å². The summed E-state index contributed by atoms with van der Waals surface area (Å²) in [5, 5.41) is 0. The molecule has 5 nitrogen and oxygen atoms in total. The number of rotatable bonds is 2. The highest BCUT2D eigenvalue weighted by Crippen LogP contribution is 2.30. The van der Waals surface area contributed by atoms with Crippen molar-refractivity contribution in [2.45, 2.75) is 39.3 Å². The summed E-state index contributed by atoms with van der Waals surface area (Å²) in [4.78, 5) is 7.48. The largest absolute Gasteiger partial charge is 0.379 e. The minimum atomic E-state index is 0.0418. The van der Waals surface area contributed by atoms with Gasteiger partial charge in [0.2, 0.25) is 5.78 Å². The quantitative estimate of drug-likeness (QED) is 0.723. The highest BCUT2D eigenvalue weighted by molar-refractivity contribution is 5.81. The van der Waals surface area contributed by atoms with E-state index in [2.05, 4.69) is 72.0 Å². The molecule has 0 spiro atoms. The predicted octanol–water partition coefficient (Wildman–Crippen LogP) is 3.44. The highest BCUT2D eigenvalue weighted by Gasteiger charge is 2.26. The molecule has 0 bridgehead atoms. The van der Waals surface area contributed by atoms with Crippen molar-refractivity contribution in [3.05, 3.63) is 36.2 Å². The van der Waals surface area contributed by atoms with Gasteiger partial charge in [-0.3, -0.25) is 13.9 Å². The lowest BCUT2D eigenvalue weighted by molar-refractivity contribution is 0.00551. The fraction of sp³-hybridized carbons (Fsp3) is 0.526. The third-order valence-electron chi connectivity index (χ3n) is 5.02. The molecular formula is C19H26N4O. The van der Waals surface area contributed by atoms with Crippen molar-refractivity contribution in [2.24, 2.45) is 0 Å². The average molecular weight is 326 g/mol. The molecule has 0 aliphatic carbocycles. The molecule has 0 radical (unpaired) electrons. The Kier molecular flexibility index (Phi) is 3.66. The van der Waals surface area contributed by atoms with Gasteiger partial charge in [-0.05, 0) is 19.1 Å². The van der Waals surface area contributed by atoms with E-state index in [0.717, 1.165) is 37.8 Å². The summed E-state index contributed by atoms with van der Waals surface area (Å²) in [6.07, 6.45) is 2.45. The lowest BCUT2D eigenvalue weighted by Crippen LogP contribution is -2.40. The molecular weight excluding hydrogens is 300 g/mol. The van der Waals surface area contributed by atoms with Crippen molar-refractivity contribution < 1.29 is 4.74 Å². The maximum absolute atomic E-state index is 5.52. The second-order valence-electron chi connectivity index (χ2n) is 7.69. The molecule has 2 aromatic heterocycles. The number of aromatic nitrogens is 3. The molecule has 5 heteroatoms. The first-order valence-corrected chi connectivity index (χ1v) is 8.77. The number of fused-ring (bicyclic) bond motifs is 3. The molecule has 1 saturated heterocycles. The zero-order valence-corrected chi connectivity index (χ0v) is 15.0. The van der Waals surface area contributed by atoms with E-state index in [9.17, 15) is 0 Å². The van der Waals surface area contributed by atoms with Crippen LogP contribution in [0.4, 0.5) is 0 Å². The maximum atomic E-state index is 5.52. The van der Waals surface area contributed by atoms with Gasteiger partial charge in [-0.25, -0.2) is 4.98 Å². The number of hydrogen-bond acceptors (Lipinski definition) is 3. The molecule has 0 saturated carbocycles. The molecule has 1 fully saturated rings. The lowest BCUT2D eigenvalue weighted by Gasteiger charge is -2.33. The van der Waals surface area contributed by atoms with Crippen molar-refractivity contribution >= 4 is 16.8 Å². The van der Waals surface area contributed by atoms with Gasteiger partial charge in [0.1, 0.15) is 0 Å². The van der Waals surface area contributed by atoms with E-state index in [0.29, 0.717) is 0 Å². The molecule has 1 atom stereocenters. The Bertz CT molecular complexity index is 865. The third kappa shape index (κ3) is 2.43. The van der Waals surface area contributed by atoms with Gasteiger partial charge in [-0.2, -0.15) is 0 Å². The number of morpholine rings is 1. The second kappa shape index (κ2) is 5.60. The molecule has 128 valence electrons. The molecule has 3 aromatic rings. The zero-order valence-electron chi connectivity index (χ0n) is 15.0. The van der Waals surface area contributed by atoms with Crippen LogP contribution in [0.3, 0.4) is 0 Å². The summed E-state index contributed by atoms with van der Waals surface area (Å²) in [7, 11) is 0. The van der Waals surface area contributed by atoms with E-state index < -0.39 is 0 Å². The zero-order chi connectivity index (χ0) is 16.9. The van der Waals surface area contributed by atoms with Crippen LogP contribution in [0.5, 0.6) is 0 Å². The van der Waals surface area contributed by atoms with Gasteiger partial charge in [0, 0.05) is 24.7 Å². The van der Waals surface area contributed by atoms with Gasteiger partial charge < -0.3 is 4.74 Å². The molecule has 24 heavy (non-hydrogen) atoms. The normalized spacial score (nSPS) is 18.5. The first kappa shape index (κ1) is 15.7. The maximum Gasteiger partial charge on any atom is 0.216 e. The van der Waals surface area contributed by atoms with Crippen LogP contribution in [0.15, 0.2) is 30.5 Å². The first-order valence-electron chi connectivity index (χ1n) is 8.77. The fourth-order valence-corrected chi connectivity index (χ4v) is 3.54. The van der Waals surface area contributed by atoms with Gasteiger partial charge in [0.25, 0.3) is 0 Å². The molecule has 4 rings (SSSR count). The molecule has 1 aromatic carbocycles. The van der Waals surface area contributed by atoms with Crippen LogP contribution in [0.1, 0.15) is 39.6 Å². The van der Waals surface area contributed by atoms with E-state index in [1.165, 1.54) is 11.0 Å². The average Bonchev–Trinajstić information content (AvgIpc) is 3.12. The number of nitrogens with zero attached hydrogens (tertiary/aromatic N) is 4. The van der Waals surface area contributed by atoms with Crippen LogP contribution in [0.25, 0.3) is 16.8 Å². The van der Waals surface area contributed by atoms with E-state index in [1.54, 1.807) is 0 Å². The van der Waals surface area contributed by atoms with Gasteiger partial charge in [-0.15, -0.1) is 0 Å². The van der Waals surface area contributed by atoms with Crippen LogP contribution in [0.2, 0.25) is 0 Å². The Morgan fingerprint density at radius 1 is 1.08 bits per heavy atom. The van der Waals surface area contributed by atoms with Crippen molar-refractivity contribution in [2.75, 3.05) is 26.3 Å². The van der Waals surface area contributed by atoms with Crippen LogP contribution >= 0.6 is 0 Å². The summed E-state index contributed by atoms with van der Waals surface area (Å²) < 4.78 is 10.1. The van der Waals surface area contributed by atoms with E-state index >= 15 is 0 Å². The Balaban J connectivity index is 1.92. The molecule has 3 heterocycles. The minimum absolute atomic E-state index is 0.0418. The summed E-state index contributed by atoms with van der Waals surface area (Å²) in [6, 6.07) is 8.58. The van der Waals surface area contributed by atoms with E-state index in [1.807, 2.05) is 0 Å². The van der Waals surface area contributed by atoms with Crippen molar-refractivity contribution in [1.82, 2.24) is 18.9 Å². The van der Waals surface area contributed by atoms with Crippen molar-refractivity contribution in [3.8, 4) is 0 Å². The van der Waals surface area contributed by atoms with Gasteiger partial charge in [0.15, 0.2) is 0 Å². The molecule has 0 amide bonds. The van der Waals surface area contributed by atoms with E-state index in [-0.39, 0.29) is 11.6 Å². The summed E-state index contributed by atoms with van der Waals surface area (Å²) in [6.45, 7) is 12.5. The smallest absolute Gasteiger partial charge is 0.216 e. The summed E-state index contributed by atoms with van der Waals surface area (Å²) >= 11 is 0. The Morgan fingerprint density at radius 2 is 1.75 bits per heavy atom. The molecule has 1 aliphatic rings. The number of imidazole rings is 2. The monoisotopic (exact) mass is 326 g/mol. The number of para-hydroxylation sites is 2. The Labute approximate surface area is 142 Å². The second-order valence-corrected chi connectivity index (χ2v) is 7.69. The standard InChI is InChI=1S/C19H26N4O/c1-14(21-9-11-24-12-10-21)23-16-8-6-5-7-15(16)22-13-17(19(2,3)4)20-18(22)23/h5-8,13-14H,9-12H2,1-4H3. The van der Waals surface area contributed by atoms with E-state index in [4.69, 9.17) is 9.72 Å². The Hall–Kier alpha value is -1.85. The topological polar surface area (TPSA) is 34.7 Å². The van der Waals surface area contributed by atoms with Gasteiger partial charge >= 0.3 is 0 Å². The van der Waals surface area contributed by atoms with Crippen molar-refractivity contribution in [1.29, 1.82) is 0 Å². The number of hydrogen-bond donors (Lipinski definition) is 0. The van der Waals surface area contributed by atoms with Crippen LogP contribution < -0.4 is 0 Å². The minimum Gasteiger partial charge on any atom is -0.379 e.